The predicted octanol–water partition coefficient (Wildman–Crippen LogP) is 1.75. The van der Waals surface area contributed by atoms with Gasteiger partial charge in [-0.2, -0.15) is 0 Å². The van der Waals surface area contributed by atoms with Gasteiger partial charge in [-0.05, 0) is 32.0 Å². The molecule has 2 unspecified atom stereocenters. The third kappa shape index (κ3) is 3.49. The summed E-state index contributed by atoms with van der Waals surface area (Å²) < 4.78 is 26.4. The van der Waals surface area contributed by atoms with Crippen LogP contribution in [-0.4, -0.2) is 19.0 Å². The average Bonchev–Trinajstić information content (AvgIpc) is 2.30. The summed E-state index contributed by atoms with van der Waals surface area (Å²) in [6, 6.07) is 2.35. The molecular weight excluding hydrogens is 226 g/mol. The smallest absolute Gasteiger partial charge is 0.236 e. The summed E-state index contributed by atoms with van der Waals surface area (Å²) in [5.41, 5.74) is 0.209. The molecule has 0 heterocycles. The molecule has 1 rings (SSSR count). The molecule has 0 aliphatic carbocycles. The Bertz CT molecular complexity index is 409. The first kappa shape index (κ1) is 13.6. The van der Waals surface area contributed by atoms with E-state index in [1.54, 1.807) is 13.8 Å². The lowest BCUT2D eigenvalue weighted by Gasteiger charge is -2.19. The third-order valence-corrected chi connectivity index (χ3v) is 2.56. The van der Waals surface area contributed by atoms with E-state index in [4.69, 9.17) is 0 Å². The summed E-state index contributed by atoms with van der Waals surface area (Å²) in [5.74, 6) is -1.19. The lowest BCUT2D eigenvalue weighted by atomic mass is 10.1. The van der Waals surface area contributed by atoms with Crippen LogP contribution < -0.4 is 10.6 Å². The Morgan fingerprint density at radius 1 is 1.29 bits per heavy atom. The van der Waals surface area contributed by atoms with Crippen molar-refractivity contribution < 1.29 is 13.6 Å². The van der Waals surface area contributed by atoms with E-state index in [0.717, 1.165) is 18.2 Å². The lowest BCUT2D eigenvalue weighted by molar-refractivity contribution is -0.122. The van der Waals surface area contributed by atoms with Crippen molar-refractivity contribution in [1.82, 2.24) is 10.6 Å². The quantitative estimate of drug-likeness (QED) is 0.844. The molecule has 1 aromatic rings. The van der Waals surface area contributed by atoms with Crippen LogP contribution in [0, 0.1) is 11.6 Å². The summed E-state index contributed by atoms with van der Waals surface area (Å²) in [5, 5.41) is 5.37. The van der Waals surface area contributed by atoms with Crippen molar-refractivity contribution in [3.63, 3.8) is 0 Å². The number of benzene rings is 1. The number of carbonyl (C=O) groups is 1. The third-order valence-electron chi connectivity index (χ3n) is 2.56. The van der Waals surface area contributed by atoms with Gasteiger partial charge in [-0.25, -0.2) is 8.78 Å². The summed E-state index contributed by atoms with van der Waals surface area (Å²) in [6.07, 6.45) is 0. The van der Waals surface area contributed by atoms with Crippen LogP contribution in [0.4, 0.5) is 8.78 Å². The summed E-state index contributed by atoms with van der Waals surface area (Å²) in [7, 11) is 1.52. The molecule has 5 heteroatoms. The van der Waals surface area contributed by atoms with E-state index in [-0.39, 0.29) is 11.5 Å². The molecule has 1 amide bonds. The van der Waals surface area contributed by atoms with Crippen LogP contribution in [0.15, 0.2) is 18.2 Å². The van der Waals surface area contributed by atoms with E-state index in [9.17, 15) is 13.6 Å². The number of likely N-dealkylation sites (N-methyl/N-ethyl adjacent to an activating group) is 1. The highest BCUT2D eigenvalue weighted by atomic mass is 19.1. The van der Waals surface area contributed by atoms with Gasteiger partial charge in [0.15, 0.2) is 0 Å². The first-order valence-electron chi connectivity index (χ1n) is 5.38. The van der Waals surface area contributed by atoms with Crippen LogP contribution in [-0.2, 0) is 4.79 Å². The topological polar surface area (TPSA) is 41.1 Å². The normalized spacial score (nSPS) is 14.2. The Morgan fingerprint density at radius 2 is 1.94 bits per heavy atom. The van der Waals surface area contributed by atoms with Crippen molar-refractivity contribution >= 4 is 5.91 Å². The van der Waals surface area contributed by atoms with Gasteiger partial charge < -0.3 is 5.32 Å². The van der Waals surface area contributed by atoms with Crippen LogP contribution in [0.2, 0.25) is 0 Å². The molecule has 0 saturated heterocycles. The zero-order valence-corrected chi connectivity index (χ0v) is 10.1. The standard InChI is InChI=1S/C12H16F2N2O/c1-7(16-8(2)12(17)15-3)10-6-9(13)4-5-11(10)14/h4-8,16H,1-3H3,(H,15,17). The molecular formula is C12H16F2N2O. The largest absolute Gasteiger partial charge is 0.358 e. The minimum absolute atomic E-state index is 0.200. The Morgan fingerprint density at radius 3 is 2.53 bits per heavy atom. The molecule has 0 aliphatic heterocycles. The van der Waals surface area contributed by atoms with Crippen molar-refractivity contribution in [2.75, 3.05) is 7.05 Å². The second-order valence-electron chi connectivity index (χ2n) is 3.89. The number of hydrogen-bond acceptors (Lipinski definition) is 2. The number of carbonyl (C=O) groups excluding carboxylic acids is 1. The molecule has 0 bridgehead atoms. The molecule has 0 aliphatic rings. The highest BCUT2D eigenvalue weighted by Crippen LogP contribution is 2.18. The second kappa shape index (κ2) is 5.72. The molecule has 0 spiro atoms. The van der Waals surface area contributed by atoms with Gasteiger partial charge in [0.25, 0.3) is 0 Å². The van der Waals surface area contributed by atoms with Gasteiger partial charge in [0, 0.05) is 18.7 Å². The molecule has 2 N–H and O–H groups in total. The minimum Gasteiger partial charge on any atom is -0.358 e. The van der Waals surface area contributed by atoms with Crippen LogP contribution in [0.5, 0.6) is 0 Å². The van der Waals surface area contributed by atoms with Crippen LogP contribution in [0.1, 0.15) is 25.5 Å². The first-order valence-corrected chi connectivity index (χ1v) is 5.38. The Hall–Kier alpha value is -1.49. The number of amides is 1. The summed E-state index contributed by atoms with van der Waals surface area (Å²) in [4.78, 5) is 11.3. The van der Waals surface area contributed by atoms with Crippen LogP contribution in [0.3, 0.4) is 0 Å². The molecule has 3 nitrogen and oxygen atoms in total. The fourth-order valence-electron chi connectivity index (χ4n) is 1.60. The average molecular weight is 242 g/mol. The van der Waals surface area contributed by atoms with Gasteiger partial charge >= 0.3 is 0 Å². The number of hydrogen-bond donors (Lipinski definition) is 2. The van der Waals surface area contributed by atoms with Crippen molar-refractivity contribution in [2.45, 2.75) is 25.9 Å². The van der Waals surface area contributed by atoms with Gasteiger partial charge in [0.1, 0.15) is 11.6 Å². The maximum atomic E-state index is 13.4. The van der Waals surface area contributed by atoms with Gasteiger partial charge in [-0.15, -0.1) is 0 Å². The number of rotatable bonds is 4. The van der Waals surface area contributed by atoms with E-state index >= 15 is 0 Å². The maximum absolute atomic E-state index is 13.4. The lowest BCUT2D eigenvalue weighted by Crippen LogP contribution is -2.41. The highest BCUT2D eigenvalue weighted by molar-refractivity contribution is 5.80. The van der Waals surface area contributed by atoms with E-state index in [1.807, 2.05) is 0 Å². The molecule has 0 fully saturated rings. The summed E-state index contributed by atoms with van der Waals surface area (Å²) in [6.45, 7) is 3.34. The Kier molecular flexibility index (Phi) is 4.57. The van der Waals surface area contributed by atoms with Crippen LogP contribution >= 0.6 is 0 Å². The van der Waals surface area contributed by atoms with Crippen molar-refractivity contribution in [1.29, 1.82) is 0 Å². The van der Waals surface area contributed by atoms with Crippen LogP contribution in [0.25, 0.3) is 0 Å². The Labute approximate surface area is 99.2 Å². The van der Waals surface area contributed by atoms with Gasteiger partial charge in [0.05, 0.1) is 6.04 Å². The molecule has 0 aromatic heterocycles. The number of nitrogens with one attached hydrogen (secondary N) is 2. The van der Waals surface area contributed by atoms with E-state index in [0.29, 0.717) is 0 Å². The summed E-state index contributed by atoms with van der Waals surface area (Å²) >= 11 is 0. The molecule has 2 atom stereocenters. The second-order valence-corrected chi connectivity index (χ2v) is 3.89. The SMILES string of the molecule is CNC(=O)C(C)NC(C)c1cc(F)ccc1F. The molecule has 0 radical (unpaired) electrons. The van der Waals surface area contributed by atoms with E-state index in [2.05, 4.69) is 10.6 Å². The predicted molar refractivity (Wildman–Crippen MR) is 61.4 cm³/mol. The zero-order valence-electron chi connectivity index (χ0n) is 10.1. The first-order chi connectivity index (χ1) is 7.95. The number of halogens is 2. The monoisotopic (exact) mass is 242 g/mol. The molecule has 17 heavy (non-hydrogen) atoms. The Balaban J connectivity index is 2.79. The fraction of sp³-hybridized carbons (Fsp3) is 0.417. The van der Waals surface area contributed by atoms with Crippen molar-refractivity contribution in [3.8, 4) is 0 Å². The fourth-order valence-corrected chi connectivity index (χ4v) is 1.60. The van der Waals surface area contributed by atoms with E-state index in [1.165, 1.54) is 7.05 Å². The van der Waals surface area contributed by atoms with Gasteiger partial charge in [-0.1, -0.05) is 0 Å². The van der Waals surface area contributed by atoms with Gasteiger partial charge in [-0.3, -0.25) is 10.1 Å². The van der Waals surface area contributed by atoms with Crippen molar-refractivity contribution in [2.24, 2.45) is 0 Å². The highest BCUT2D eigenvalue weighted by Gasteiger charge is 2.17. The molecule has 94 valence electrons. The molecule has 0 saturated carbocycles. The molecule has 1 aromatic carbocycles. The van der Waals surface area contributed by atoms with Gasteiger partial charge in [0.2, 0.25) is 5.91 Å². The van der Waals surface area contributed by atoms with E-state index < -0.39 is 23.7 Å². The maximum Gasteiger partial charge on any atom is 0.236 e. The minimum atomic E-state index is -0.498. The zero-order chi connectivity index (χ0) is 13.0. The van der Waals surface area contributed by atoms with Crippen molar-refractivity contribution in [3.05, 3.63) is 35.4 Å².